The van der Waals surface area contributed by atoms with Crippen LogP contribution in [-0.4, -0.2) is 18.3 Å². The van der Waals surface area contributed by atoms with E-state index in [0.717, 1.165) is 39.6 Å². The lowest BCUT2D eigenvalue weighted by atomic mass is 9.87. The Morgan fingerprint density at radius 1 is 0.821 bits per heavy atom. The maximum absolute atomic E-state index is 6.63. The first-order valence-corrected chi connectivity index (χ1v) is 14.0. The van der Waals surface area contributed by atoms with E-state index >= 15 is 0 Å². The van der Waals surface area contributed by atoms with Crippen molar-refractivity contribution in [3.63, 3.8) is 0 Å². The van der Waals surface area contributed by atoms with E-state index in [-0.39, 0.29) is 12.2 Å². The smallest absolute Gasteiger partial charge is 0.132 e. The minimum absolute atomic E-state index is 0.331. The summed E-state index contributed by atoms with van der Waals surface area (Å²) in [5.74, 6) is 0.801. The number of hydrogen-bond donors (Lipinski definition) is 1. The van der Waals surface area contributed by atoms with Crippen LogP contribution < -0.4 is 10.1 Å². The minimum atomic E-state index is -0.624. The van der Waals surface area contributed by atoms with E-state index in [4.69, 9.17) is 37.4 Å². The molecule has 5 rings (SSSR count). The van der Waals surface area contributed by atoms with Crippen molar-refractivity contribution in [2.45, 2.75) is 51.2 Å². The molecule has 2 atom stereocenters. The molecule has 4 aromatic carbocycles. The van der Waals surface area contributed by atoms with Gasteiger partial charge in [-0.2, -0.15) is 0 Å². The van der Waals surface area contributed by atoms with Crippen molar-refractivity contribution >= 4 is 28.9 Å². The van der Waals surface area contributed by atoms with Crippen molar-refractivity contribution in [1.29, 1.82) is 0 Å². The van der Waals surface area contributed by atoms with Crippen LogP contribution in [0.25, 0.3) is 0 Å². The number of anilines is 1. The van der Waals surface area contributed by atoms with Crippen LogP contribution in [-0.2, 0) is 29.0 Å². The van der Waals surface area contributed by atoms with Gasteiger partial charge in [0.05, 0.1) is 13.2 Å². The van der Waals surface area contributed by atoms with Gasteiger partial charge in [-0.1, -0.05) is 83.9 Å². The van der Waals surface area contributed by atoms with Crippen LogP contribution in [0.5, 0.6) is 5.75 Å². The maximum Gasteiger partial charge on any atom is 0.132 e. The summed E-state index contributed by atoms with van der Waals surface area (Å²) in [6.45, 7) is 5.66. The van der Waals surface area contributed by atoms with E-state index in [0.29, 0.717) is 24.8 Å². The summed E-state index contributed by atoms with van der Waals surface area (Å²) in [6, 6.07) is 32.1. The second-order valence-corrected chi connectivity index (χ2v) is 11.1. The molecule has 0 amide bonds. The molecule has 1 aliphatic rings. The summed E-state index contributed by atoms with van der Waals surface area (Å²) in [7, 11) is 0. The Hall–Kier alpha value is -3.02. The first-order chi connectivity index (χ1) is 18.9. The number of halogens is 2. The van der Waals surface area contributed by atoms with E-state index in [2.05, 4.69) is 41.7 Å². The zero-order valence-corrected chi connectivity index (χ0v) is 23.7. The van der Waals surface area contributed by atoms with Crippen LogP contribution >= 0.6 is 23.2 Å². The van der Waals surface area contributed by atoms with E-state index in [1.54, 1.807) is 0 Å². The van der Waals surface area contributed by atoms with Crippen molar-refractivity contribution in [3.05, 3.63) is 129 Å². The number of rotatable bonds is 10. The predicted octanol–water partition coefficient (Wildman–Crippen LogP) is 8.66. The monoisotopic (exact) mass is 561 g/mol. The van der Waals surface area contributed by atoms with Crippen LogP contribution in [0.3, 0.4) is 0 Å². The fraction of sp³-hybridized carbons (Fsp3) is 0.273. The lowest BCUT2D eigenvalue weighted by molar-refractivity contribution is -0.167. The van der Waals surface area contributed by atoms with Crippen LogP contribution in [0.2, 0.25) is 10.0 Å². The van der Waals surface area contributed by atoms with Crippen molar-refractivity contribution in [2.24, 2.45) is 0 Å². The van der Waals surface area contributed by atoms with Gasteiger partial charge in [-0.05, 0) is 73.4 Å². The molecule has 4 nitrogen and oxygen atoms in total. The molecule has 0 aliphatic carbocycles. The fourth-order valence-electron chi connectivity index (χ4n) is 4.90. The molecule has 0 saturated heterocycles. The van der Waals surface area contributed by atoms with Gasteiger partial charge in [0.15, 0.2) is 0 Å². The number of fused-ring (bicyclic) bond motifs is 1. The van der Waals surface area contributed by atoms with Crippen LogP contribution in [0, 0.1) is 0 Å². The highest BCUT2D eigenvalue weighted by Gasteiger charge is 2.45. The zero-order chi connectivity index (χ0) is 27.2. The standard InChI is InChI=1S/C33H33Cl2NO3/c1-33(2)32(38-22-25-12-6-7-14-29(25)35)31(37-18-17-23-9-4-3-5-10-23)28-20-27(15-16-30(28)39-33)36-21-24-11-8-13-26(34)19-24/h3-16,19-20,31-32,36H,17-18,21-22H2,1-2H3. The van der Waals surface area contributed by atoms with Crippen LogP contribution in [0.15, 0.2) is 97.1 Å². The van der Waals surface area contributed by atoms with E-state index < -0.39 is 5.60 Å². The van der Waals surface area contributed by atoms with Gasteiger partial charge in [0.25, 0.3) is 0 Å². The molecule has 0 saturated carbocycles. The first-order valence-electron chi connectivity index (χ1n) is 13.2. The summed E-state index contributed by atoms with van der Waals surface area (Å²) < 4.78 is 19.7. The molecular weight excluding hydrogens is 529 g/mol. The summed E-state index contributed by atoms with van der Waals surface area (Å²) in [6.07, 6.45) is 0.112. The average molecular weight is 563 g/mol. The Balaban J connectivity index is 1.40. The van der Waals surface area contributed by atoms with Gasteiger partial charge in [-0.3, -0.25) is 0 Å². The Labute approximate surface area is 240 Å². The molecule has 0 bridgehead atoms. The summed E-state index contributed by atoms with van der Waals surface area (Å²) in [5.41, 5.74) is 4.58. The molecule has 2 unspecified atom stereocenters. The van der Waals surface area contributed by atoms with Gasteiger partial charge in [-0.25, -0.2) is 0 Å². The van der Waals surface area contributed by atoms with E-state index in [9.17, 15) is 0 Å². The molecule has 1 N–H and O–H groups in total. The third kappa shape index (κ3) is 6.95. The van der Waals surface area contributed by atoms with Crippen LogP contribution in [0.4, 0.5) is 5.69 Å². The number of hydrogen-bond acceptors (Lipinski definition) is 4. The summed E-state index contributed by atoms with van der Waals surface area (Å²) in [4.78, 5) is 0. The van der Waals surface area contributed by atoms with Crippen molar-refractivity contribution < 1.29 is 14.2 Å². The van der Waals surface area contributed by atoms with Gasteiger partial charge >= 0.3 is 0 Å². The predicted molar refractivity (Wildman–Crippen MR) is 159 cm³/mol. The third-order valence-corrected chi connectivity index (χ3v) is 7.55. The number of benzene rings is 4. The largest absolute Gasteiger partial charge is 0.485 e. The topological polar surface area (TPSA) is 39.7 Å². The third-order valence-electron chi connectivity index (χ3n) is 6.94. The van der Waals surface area contributed by atoms with Crippen molar-refractivity contribution in [1.82, 2.24) is 0 Å². The second-order valence-electron chi connectivity index (χ2n) is 10.3. The molecule has 0 spiro atoms. The maximum atomic E-state index is 6.63. The van der Waals surface area contributed by atoms with Gasteiger partial charge in [0.2, 0.25) is 0 Å². The molecule has 4 aromatic rings. The fourth-order valence-corrected chi connectivity index (χ4v) is 5.31. The lowest BCUT2D eigenvalue weighted by Crippen LogP contribution is -2.51. The highest BCUT2D eigenvalue weighted by Crippen LogP contribution is 2.45. The zero-order valence-electron chi connectivity index (χ0n) is 22.2. The lowest BCUT2D eigenvalue weighted by Gasteiger charge is -2.44. The Bertz CT molecular complexity index is 1390. The minimum Gasteiger partial charge on any atom is -0.485 e. The molecule has 1 heterocycles. The molecule has 0 radical (unpaired) electrons. The molecule has 0 fully saturated rings. The van der Waals surface area contributed by atoms with Crippen molar-refractivity contribution in [2.75, 3.05) is 11.9 Å². The highest BCUT2D eigenvalue weighted by molar-refractivity contribution is 6.31. The van der Waals surface area contributed by atoms with Gasteiger partial charge in [-0.15, -0.1) is 0 Å². The first kappa shape index (κ1) is 27.5. The summed E-state index contributed by atoms with van der Waals surface area (Å²) in [5, 5.41) is 4.92. The number of ether oxygens (including phenoxy) is 3. The Morgan fingerprint density at radius 2 is 1.59 bits per heavy atom. The molecule has 1 aliphatic heterocycles. The number of nitrogens with one attached hydrogen (secondary N) is 1. The molecule has 6 heteroatoms. The Kier molecular flexibility index (Phi) is 8.79. The molecular formula is C33H33Cl2NO3. The quantitative estimate of drug-likeness (QED) is 0.210. The molecule has 39 heavy (non-hydrogen) atoms. The average Bonchev–Trinajstić information content (AvgIpc) is 2.92. The normalized spacial score (nSPS) is 17.7. The van der Waals surface area contributed by atoms with Crippen LogP contribution in [0.1, 0.15) is 42.2 Å². The van der Waals surface area contributed by atoms with E-state index in [1.165, 1.54) is 5.56 Å². The van der Waals surface area contributed by atoms with Gasteiger partial charge in [0, 0.05) is 27.8 Å². The van der Waals surface area contributed by atoms with Gasteiger partial charge in [0.1, 0.15) is 23.6 Å². The second kappa shape index (κ2) is 12.4. The SMILES string of the molecule is CC1(C)Oc2ccc(NCc3cccc(Cl)c3)cc2C(OCCc2ccccc2)C1OCc1ccccc1Cl. The molecule has 0 aromatic heterocycles. The van der Waals surface area contributed by atoms with E-state index in [1.807, 2.05) is 74.5 Å². The summed E-state index contributed by atoms with van der Waals surface area (Å²) >= 11 is 12.6. The Morgan fingerprint density at radius 3 is 2.38 bits per heavy atom. The highest BCUT2D eigenvalue weighted by atomic mass is 35.5. The van der Waals surface area contributed by atoms with Crippen molar-refractivity contribution in [3.8, 4) is 5.75 Å². The molecule has 202 valence electrons. The van der Waals surface area contributed by atoms with Gasteiger partial charge < -0.3 is 19.5 Å².